The van der Waals surface area contributed by atoms with E-state index in [1.165, 1.54) is 12.1 Å². The molecule has 66 valence electrons. The second kappa shape index (κ2) is 2.62. The fourth-order valence-corrected chi connectivity index (χ4v) is 1.34. The summed E-state index contributed by atoms with van der Waals surface area (Å²) in [5.41, 5.74) is 0.841. The Morgan fingerprint density at radius 1 is 1.15 bits per heavy atom. The van der Waals surface area contributed by atoms with Crippen molar-refractivity contribution in [3.8, 4) is 11.5 Å². The van der Waals surface area contributed by atoms with Gasteiger partial charge in [-0.1, -0.05) is 0 Å². The zero-order chi connectivity index (χ0) is 9.42. The van der Waals surface area contributed by atoms with Crippen molar-refractivity contribution < 1.29 is 10.2 Å². The molecule has 0 fully saturated rings. The van der Waals surface area contributed by atoms with Crippen LogP contribution in [0.3, 0.4) is 0 Å². The summed E-state index contributed by atoms with van der Waals surface area (Å²) in [4.78, 5) is 4.09. The number of nitrogens with zero attached hydrogens (tertiary/aromatic N) is 1. The highest BCUT2D eigenvalue weighted by Gasteiger charge is 2.03. The van der Waals surface area contributed by atoms with Crippen molar-refractivity contribution in [1.82, 2.24) is 4.98 Å². The van der Waals surface area contributed by atoms with Crippen molar-refractivity contribution >= 4 is 10.8 Å². The molecule has 2 N–H and O–H groups in total. The second-order valence-electron chi connectivity index (χ2n) is 2.96. The molecule has 0 saturated carbocycles. The maximum Gasteiger partial charge on any atom is 0.158 e. The summed E-state index contributed by atoms with van der Waals surface area (Å²) in [7, 11) is 0. The number of aromatic nitrogens is 1. The van der Waals surface area contributed by atoms with Crippen LogP contribution < -0.4 is 0 Å². The Bertz CT molecular complexity index is 466. The lowest BCUT2D eigenvalue weighted by atomic mass is 10.1. The number of benzene rings is 1. The zero-order valence-electron chi connectivity index (χ0n) is 7.15. The topological polar surface area (TPSA) is 53.4 Å². The minimum Gasteiger partial charge on any atom is -0.504 e. The molecule has 2 aromatic rings. The monoisotopic (exact) mass is 175 g/mol. The fraction of sp³-hybridized carbons (Fsp3) is 0.100. The first-order valence-electron chi connectivity index (χ1n) is 3.96. The average molecular weight is 175 g/mol. The van der Waals surface area contributed by atoms with Gasteiger partial charge in [0.1, 0.15) is 0 Å². The van der Waals surface area contributed by atoms with Crippen molar-refractivity contribution in [1.29, 1.82) is 0 Å². The Morgan fingerprint density at radius 2 is 1.85 bits per heavy atom. The Kier molecular flexibility index (Phi) is 1.59. The molecule has 0 aliphatic rings. The van der Waals surface area contributed by atoms with E-state index in [9.17, 15) is 10.2 Å². The van der Waals surface area contributed by atoms with Crippen LogP contribution in [0.1, 0.15) is 5.69 Å². The Morgan fingerprint density at radius 3 is 2.62 bits per heavy atom. The van der Waals surface area contributed by atoms with Gasteiger partial charge in [0.2, 0.25) is 0 Å². The average Bonchev–Trinajstić information content (AvgIpc) is 2.09. The maximum absolute atomic E-state index is 9.26. The third kappa shape index (κ3) is 1.18. The van der Waals surface area contributed by atoms with Crippen LogP contribution in [0.15, 0.2) is 24.4 Å². The number of aromatic hydroxyl groups is 2. The normalized spacial score (nSPS) is 10.5. The van der Waals surface area contributed by atoms with Crippen molar-refractivity contribution in [3.63, 3.8) is 0 Å². The minimum absolute atomic E-state index is 0.0990. The summed E-state index contributed by atoms with van der Waals surface area (Å²) in [6.07, 6.45) is 1.67. The van der Waals surface area contributed by atoms with Gasteiger partial charge in [0, 0.05) is 17.3 Å². The molecule has 1 heterocycles. The Balaban J connectivity index is 2.89. The maximum atomic E-state index is 9.26. The molecule has 0 aliphatic carbocycles. The van der Waals surface area contributed by atoms with Crippen LogP contribution in [0.2, 0.25) is 0 Å². The van der Waals surface area contributed by atoms with E-state index in [-0.39, 0.29) is 11.5 Å². The van der Waals surface area contributed by atoms with Crippen molar-refractivity contribution in [2.24, 2.45) is 0 Å². The van der Waals surface area contributed by atoms with E-state index in [1.807, 2.05) is 6.92 Å². The molecule has 0 bridgehead atoms. The summed E-state index contributed by atoms with van der Waals surface area (Å²) in [5, 5.41) is 20.2. The van der Waals surface area contributed by atoms with Gasteiger partial charge in [-0.15, -0.1) is 0 Å². The van der Waals surface area contributed by atoms with Gasteiger partial charge in [-0.2, -0.15) is 0 Å². The first kappa shape index (κ1) is 7.86. The summed E-state index contributed by atoms with van der Waals surface area (Å²) in [6.45, 7) is 1.86. The van der Waals surface area contributed by atoms with E-state index < -0.39 is 0 Å². The lowest BCUT2D eigenvalue weighted by Crippen LogP contribution is -1.82. The number of hydrogen-bond acceptors (Lipinski definition) is 3. The standard InChI is InChI=1S/C10H9NO2/c1-6-8-5-10(13)9(12)4-7(8)2-3-11-6/h2-5,12-13H,1H3. The molecule has 0 aliphatic heterocycles. The van der Waals surface area contributed by atoms with Crippen LogP contribution in [-0.4, -0.2) is 15.2 Å². The van der Waals surface area contributed by atoms with Crippen LogP contribution in [0.5, 0.6) is 11.5 Å². The van der Waals surface area contributed by atoms with Gasteiger partial charge < -0.3 is 10.2 Å². The lowest BCUT2D eigenvalue weighted by molar-refractivity contribution is 0.405. The van der Waals surface area contributed by atoms with Gasteiger partial charge in [0.15, 0.2) is 11.5 Å². The van der Waals surface area contributed by atoms with Gasteiger partial charge >= 0.3 is 0 Å². The highest BCUT2D eigenvalue weighted by atomic mass is 16.3. The molecular formula is C10H9NO2. The van der Waals surface area contributed by atoms with Gasteiger partial charge in [-0.25, -0.2) is 0 Å². The lowest BCUT2D eigenvalue weighted by Gasteiger charge is -2.03. The Hall–Kier alpha value is -1.77. The smallest absolute Gasteiger partial charge is 0.158 e. The summed E-state index contributed by atoms with van der Waals surface area (Å²) >= 11 is 0. The summed E-state index contributed by atoms with van der Waals surface area (Å²) < 4.78 is 0. The minimum atomic E-state index is -0.108. The molecule has 3 heteroatoms. The number of phenolic OH excluding ortho intramolecular Hbond substituents is 2. The van der Waals surface area contributed by atoms with Crippen LogP contribution >= 0.6 is 0 Å². The molecule has 0 radical (unpaired) electrons. The molecule has 1 aromatic carbocycles. The predicted octanol–water partition coefficient (Wildman–Crippen LogP) is 1.95. The first-order chi connectivity index (χ1) is 6.18. The molecule has 0 saturated heterocycles. The molecule has 13 heavy (non-hydrogen) atoms. The number of pyridine rings is 1. The zero-order valence-corrected chi connectivity index (χ0v) is 7.15. The third-order valence-electron chi connectivity index (χ3n) is 2.06. The summed E-state index contributed by atoms with van der Waals surface area (Å²) in [5.74, 6) is -0.207. The van der Waals surface area contributed by atoms with Crippen LogP contribution in [-0.2, 0) is 0 Å². The van der Waals surface area contributed by atoms with E-state index in [4.69, 9.17) is 0 Å². The molecule has 0 atom stereocenters. The van der Waals surface area contributed by atoms with Gasteiger partial charge in [0.25, 0.3) is 0 Å². The Labute approximate surface area is 75.3 Å². The SMILES string of the molecule is Cc1nccc2cc(O)c(O)cc12. The van der Waals surface area contributed by atoms with Gasteiger partial charge in [0.05, 0.1) is 0 Å². The number of hydrogen-bond donors (Lipinski definition) is 2. The highest BCUT2D eigenvalue weighted by Crippen LogP contribution is 2.30. The largest absolute Gasteiger partial charge is 0.504 e. The van der Waals surface area contributed by atoms with Crippen LogP contribution in [0, 0.1) is 6.92 Å². The van der Waals surface area contributed by atoms with Crippen LogP contribution in [0.25, 0.3) is 10.8 Å². The molecule has 2 rings (SSSR count). The van der Waals surface area contributed by atoms with E-state index in [2.05, 4.69) is 4.98 Å². The van der Waals surface area contributed by atoms with E-state index in [1.54, 1.807) is 12.3 Å². The van der Waals surface area contributed by atoms with Crippen LogP contribution in [0.4, 0.5) is 0 Å². The van der Waals surface area contributed by atoms with Crippen molar-refractivity contribution in [2.45, 2.75) is 6.92 Å². The molecule has 0 amide bonds. The van der Waals surface area contributed by atoms with E-state index in [0.717, 1.165) is 16.5 Å². The molecule has 0 spiro atoms. The third-order valence-corrected chi connectivity index (χ3v) is 2.06. The van der Waals surface area contributed by atoms with E-state index in [0.29, 0.717) is 0 Å². The second-order valence-corrected chi connectivity index (χ2v) is 2.96. The number of aryl methyl sites for hydroxylation is 1. The van der Waals surface area contributed by atoms with Crippen molar-refractivity contribution in [2.75, 3.05) is 0 Å². The predicted molar refractivity (Wildman–Crippen MR) is 49.8 cm³/mol. The number of phenols is 2. The van der Waals surface area contributed by atoms with Gasteiger partial charge in [-0.05, 0) is 30.5 Å². The number of fused-ring (bicyclic) bond motifs is 1. The van der Waals surface area contributed by atoms with Crippen molar-refractivity contribution in [3.05, 3.63) is 30.1 Å². The summed E-state index contributed by atoms with van der Waals surface area (Å²) in [6, 6.07) is 4.84. The fourth-order valence-electron chi connectivity index (χ4n) is 1.34. The molecule has 3 nitrogen and oxygen atoms in total. The highest BCUT2D eigenvalue weighted by molar-refractivity contribution is 5.87. The first-order valence-corrected chi connectivity index (χ1v) is 3.96. The molecule has 1 aromatic heterocycles. The van der Waals surface area contributed by atoms with Gasteiger partial charge in [-0.3, -0.25) is 4.98 Å². The molecule has 0 unspecified atom stereocenters. The quantitative estimate of drug-likeness (QED) is 0.602. The molecular weight excluding hydrogens is 166 g/mol. The van der Waals surface area contributed by atoms with E-state index >= 15 is 0 Å². The number of rotatable bonds is 0.